The van der Waals surface area contributed by atoms with Crippen LogP contribution in [0.5, 0.6) is 5.75 Å². The molecule has 2 aliphatic heterocycles. The molecule has 3 N–H and O–H groups in total. The van der Waals surface area contributed by atoms with Crippen molar-refractivity contribution < 1.29 is 18.3 Å². The second kappa shape index (κ2) is 8.08. The van der Waals surface area contributed by atoms with Crippen LogP contribution in [0.15, 0.2) is 30.3 Å². The largest absolute Gasteiger partial charge is 0.493 e. The number of hydrogen-bond acceptors (Lipinski definition) is 6. The number of nitrogens with two attached hydrogens (primary N) is 1. The van der Waals surface area contributed by atoms with Crippen LogP contribution >= 0.6 is 0 Å². The van der Waals surface area contributed by atoms with E-state index in [1.165, 1.54) is 6.07 Å². The molecule has 0 fully saturated rings. The fourth-order valence-electron chi connectivity index (χ4n) is 4.49. The number of anilines is 1. The smallest absolute Gasteiger partial charge is 0.251 e. The Labute approximate surface area is 189 Å². The molecule has 3 aromatic rings. The SMILES string of the molecule is CN(C)C1CCOc2ccc(-c3nc(-c4cc5c(cc4F)C(=O)NCC5)c(N)nc3F)cc21. The van der Waals surface area contributed by atoms with Gasteiger partial charge in [-0.25, -0.2) is 9.37 Å². The second-order valence-electron chi connectivity index (χ2n) is 8.46. The molecule has 9 heteroatoms. The molecule has 1 amide bonds. The predicted molar refractivity (Wildman–Crippen MR) is 120 cm³/mol. The van der Waals surface area contributed by atoms with Gasteiger partial charge in [0.05, 0.1) is 6.61 Å². The highest BCUT2D eigenvalue weighted by molar-refractivity contribution is 5.97. The Hall–Kier alpha value is -3.59. The molecular formula is C24H23F2N5O2. The highest BCUT2D eigenvalue weighted by atomic mass is 19.1. The van der Waals surface area contributed by atoms with Crippen molar-refractivity contribution in [1.29, 1.82) is 0 Å². The Morgan fingerprint density at radius 1 is 1.12 bits per heavy atom. The molecule has 7 nitrogen and oxygen atoms in total. The molecule has 0 spiro atoms. The van der Waals surface area contributed by atoms with Crippen molar-refractivity contribution in [2.75, 3.05) is 33.0 Å². The zero-order valence-corrected chi connectivity index (χ0v) is 18.3. The number of ether oxygens (including phenoxy) is 1. The molecule has 170 valence electrons. The van der Waals surface area contributed by atoms with Crippen LogP contribution in [-0.2, 0) is 6.42 Å². The number of benzene rings is 2. The molecule has 1 aromatic heterocycles. The topological polar surface area (TPSA) is 93.4 Å². The fraction of sp³-hybridized carbons (Fsp3) is 0.292. The number of nitrogens with zero attached hydrogens (tertiary/aromatic N) is 3. The standard InChI is InChI=1S/C24H23F2N5O2/c1-31(2)18-6-8-33-19-4-3-13(10-16(18)19)20-22(26)30-23(27)21(29-20)15-9-12-5-7-28-24(32)14(12)11-17(15)25/h3-4,9-11,18H,5-8H2,1-2H3,(H2,27,30)(H,28,32). The highest BCUT2D eigenvalue weighted by Gasteiger charge is 2.26. The summed E-state index contributed by atoms with van der Waals surface area (Å²) in [6.45, 7) is 1.06. The number of amides is 1. The Balaban J connectivity index is 1.63. The minimum atomic E-state index is -0.841. The van der Waals surface area contributed by atoms with Crippen LogP contribution < -0.4 is 15.8 Å². The Morgan fingerprint density at radius 3 is 2.73 bits per heavy atom. The molecule has 0 bridgehead atoms. The highest BCUT2D eigenvalue weighted by Crippen LogP contribution is 2.38. The number of aromatic nitrogens is 2. The average molecular weight is 451 g/mol. The number of fused-ring (bicyclic) bond motifs is 2. The quantitative estimate of drug-likeness (QED) is 0.635. The zero-order chi connectivity index (χ0) is 23.3. The van der Waals surface area contributed by atoms with Gasteiger partial charge in [-0.1, -0.05) is 0 Å². The van der Waals surface area contributed by atoms with Crippen LogP contribution in [0, 0.1) is 11.8 Å². The van der Waals surface area contributed by atoms with Crippen LogP contribution in [-0.4, -0.2) is 48.0 Å². The summed E-state index contributed by atoms with van der Waals surface area (Å²) in [5.74, 6) is -1.32. The van der Waals surface area contributed by atoms with Gasteiger partial charge in [0, 0.05) is 41.3 Å². The first-order valence-electron chi connectivity index (χ1n) is 10.7. The van der Waals surface area contributed by atoms with Gasteiger partial charge in [0.15, 0.2) is 5.82 Å². The van der Waals surface area contributed by atoms with Gasteiger partial charge >= 0.3 is 0 Å². The van der Waals surface area contributed by atoms with Gasteiger partial charge in [-0.2, -0.15) is 9.37 Å². The van der Waals surface area contributed by atoms with E-state index in [9.17, 15) is 13.6 Å². The first kappa shape index (κ1) is 21.3. The van der Waals surface area contributed by atoms with Crippen LogP contribution in [0.1, 0.15) is 33.9 Å². The number of halogens is 2. The predicted octanol–water partition coefficient (Wildman–Crippen LogP) is 3.34. The fourth-order valence-corrected chi connectivity index (χ4v) is 4.49. The first-order valence-corrected chi connectivity index (χ1v) is 10.7. The van der Waals surface area contributed by atoms with Crippen molar-refractivity contribution in [3.63, 3.8) is 0 Å². The molecule has 2 aliphatic rings. The summed E-state index contributed by atoms with van der Waals surface area (Å²) in [6.07, 6.45) is 1.35. The number of rotatable bonds is 3. The van der Waals surface area contributed by atoms with E-state index >= 15 is 0 Å². The molecule has 1 unspecified atom stereocenters. The Bertz CT molecular complexity index is 1280. The van der Waals surface area contributed by atoms with Crippen LogP contribution in [0.4, 0.5) is 14.6 Å². The summed E-state index contributed by atoms with van der Waals surface area (Å²) in [5, 5.41) is 2.69. The Kier molecular flexibility index (Phi) is 5.20. The Morgan fingerprint density at radius 2 is 1.94 bits per heavy atom. The van der Waals surface area contributed by atoms with E-state index in [4.69, 9.17) is 10.5 Å². The lowest BCUT2D eigenvalue weighted by molar-refractivity contribution is 0.0945. The minimum Gasteiger partial charge on any atom is -0.493 e. The molecule has 0 saturated carbocycles. The number of carbonyl (C=O) groups excluding carboxylic acids is 1. The van der Waals surface area contributed by atoms with Crippen molar-refractivity contribution in [3.8, 4) is 28.3 Å². The first-order chi connectivity index (χ1) is 15.8. The molecular weight excluding hydrogens is 428 g/mol. The summed E-state index contributed by atoms with van der Waals surface area (Å²) in [7, 11) is 3.96. The maximum atomic E-state index is 15.0. The van der Waals surface area contributed by atoms with Gasteiger partial charge in [-0.05, 0) is 56.4 Å². The third-order valence-corrected chi connectivity index (χ3v) is 6.17. The van der Waals surface area contributed by atoms with Crippen molar-refractivity contribution in [3.05, 3.63) is 58.8 Å². The van der Waals surface area contributed by atoms with Crippen molar-refractivity contribution >= 4 is 11.7 Å². The molecule has 0 saturated heterocycles. The van der Waals surface area contributed by atoms with Crippen LogP contribution in [0.3, 0.4) is 0 Å². The van der Waals surface area contributed by atoms with Crippen LogP contribution in [0.25, 0.3) is 22.5 Å². The molecule has 33 heavy (non-hydrogen) atoms. The summed E-state index contributed by atoms with van der Waals surface area (Å²) < 4.78 is 35.7. The number of nitrogen functional groups attached to an aromatic ring is 1. The van der Waals surface area contributed by atoms with Crippen molar-refractivity contribution in [1.82, 2.24) is 20.2 Å². The van der Waals surface area contributed by atoms with E-state index in [0.717, 1.165) is 17.7 Å². The van der Waals surface area contributed by atoms with E-state index in [2.05, 4.69) is 20.2 Å². The number of hydrogen-bond donors (Lipinski definition) is 2. The second-order valence-corrected chi connectivity index (χ2v) is 8.46. The molecule has 5 rings (SSSR count). The zero-order valence-electron chi connectivity index (χ0n) is 18.3. The van der Waals surface area contributed by atoms with Gasteiger partial charge in [0.25, 0.3) is 5.91 Å². The molecule has 3 heterocycles. The maximum Gasteiger partial charge on any atom is 0.251 e. The maximum absolute atomic E-state index is 15.0. The van der Waals surface area contributed by atoms with Gasteiger partial charge in [-0.3, -0.25) is 4.79 Å². The van der Waals surface area contributed by atoms with E-state index in [1.807, 2.05) is 20.2 Å². The molecule has 0 radical (unpaired) electrons. The molecule has 0 aliphatic carbocycles. The van der Waals surface area contributed by atoms with E-state index in [1.54, 1.807) is 18.2 Å². The third-order valence-electron chi connectivity index (χ3n) is 6.17. The van der Waals surface area contributed by atoms with E-state index < -0.39 is 11.8 Å². The minimum absolute atomic E-state index is 0.0278. The monoisotopic (exact) mass is 451 g/mol. The summed E-state index contributed by atoms with van der Waals surface area (Å²) in [4.78, 5) is 22.3. The van der Waals surface area contributed by atoms with Crippen molar-refractivity contribution in [2.45, 2.75) is 18.9 Å². The summed E-state index contributed by atoms with van der Waals surface area (Å²) in [6, 6.07) is 8.16. The van der Waals surface area contributed by atoms with Gasteiger partial charge in [0.1, 0.15) is 23.0 Å². The van der Waals surface area contributed by atoms with E-state index in [-0.39, 0.29) is 40.3 Å². The normalized spacial score (nSPS) is 17.2. The third kappa shape index (κ3) is 3.68. The van der Waals surface area contributed by atoms with Gasteiger partial charge < -0.3 is 20.7 Å². The lowest BCUT2D eigenvalue weighted by Crippen LogP contribution is -2.32. The lowest BCUT2D eigenvalue weighted by Gasteiger charge is -2.31. The summed E-state index contributed by atoms with van der Waals surface area (Å²) >= 11 is 0. The lowest BCUT2D eigenvalue weighted by atomic mass is 9.95. The summed E-state index contributed by atoms with van der Waals surface area (Å²) in [5.41, 5.74) is 8.44. The van der Waals surface area contributed by atoms with Crippen LogP contribution in [0.2, 0.25) is 0 Å². The molecule has 2 aromatic carbocycles. The van der Waals surface area contributed by atoms with Crippen molar-refractivity contribution in [2.24, 2.45) is 0 Å². The van der Waals surface area contributed by atoms with Gasteiger partial charge in [-0.15, -0.1) is 0 Å². The number of nitrogens with one attached hydrogen (secondary N) is 1. The van der Waals surface area contributed by atoms with E-state index in [0.29, 0.717) is 30.7 Å². The average Bonchev–Trinajstić information content (AvgIpc) is 2.79. The molecule has 1 atom stereocenters. The van der Waals surface area contributed by atoms with Gasteiger partial charge in [0.2, 0.25) is 5.95 Å². The number of carbonyl (C=O) groups is 1.